The molecule has 1 aliphatic rings. The number of phosphoric ester groups is 1. The molecule has 0 aromatic heterocycles. The summed E-state index contributed by atoms with van der Waals surface area (Å²) in [4.78, 5) is 31.3. The molecule has 0 aromatic rings. The molecule has 13 heteroatoms. The van der Waals surface area contributed by atoms with Crippen molar-refractivity contribution in [2.45, 2.75) is 12.2 Å². The predicted octanol–water partition coefficient (Wildman–Crippen LogP) is -12.6. The van der Waals surface area contributed by atoms with Gasteiger partial charge in [0.25, 0.3) is 0 Å². The van der Waals surface area contributed by atoms with Gasteiger partial charge in [0, 0.05) is 0 Å². The maximum atomic E-state index is 11.2. The standard InChI is InChI=1S/C6H9O9P.3Na.6H/c7-1-2(8)4-3(9)5(6(10)14-4)15-16(11,12)13;;;;;;;;;/h2,4,7-9H,1H2,(H2,11,12,13);;;;;;;;;/q;3*+1;6*-1/p-3. The summed E-state index contributed by atoms with van der Waals surface area (Å²) in [7, 11) is -5.56. The van der Waals surface area contributed by atoms with E-state index in [-0.39, 0.29) is 97.2 Å². The molecule has 0 aromatic carbocycles. The van der Waals surface area contributed by atoms with E-state index >= 15 is 0 Å². The predicted molar refractivity (Wildman–Crippen MR) is 45.4 cm³/mol. The Morgan fingerprint density at radius 1 is 1.42 bits per heavy atom. The SMILES string of the molecule is O=C1OC(C(O)CO)C([O-])=C1OP(=O)([O-])[O-].[H-].[H-].[H-].[H-].[H-].[H-].[Na+].[Na+].[Na+]. The van der Waals surface area contributed by atoms with Crippen LogP contribution in [0.2, 0.25) is 0 Å². The van der Waals surface area contributed by atoms with Crippen molar-refractivity contribution in [1.29, 1.82) is 0 Å². The summed E-state index contributed by atoms with van der Waals surface area (Å²) in [6.07, 6.45) is -3.48. The molecule has 9 nitrogen and oxygen atoms in total. The van der Waals surface area contributed by atoms with Gasteiger partial charge < -0.3 is 47.5 Å². The second-order valence-corrected chi connectivity index (χ2v) is 3.88. The molecule has 2 unspecified atom stereocenters. The molecule has 2 atom stereocenters. The number of aliphatic hydroxyl groups is 2. The maximum Gasteiger partial charge on any atom is 1.00 e. The summed E-state index contributed by atoms with van der Waals surface area (Å²) in [5.41, 5.74) is 0. The van der Waals surface area contributed by atoms with Crippen LogP contribution >= 0.6 is 7.82 Å². The first-order valence-corrected chi connectivity index (χ1v) is 5.35. The summed E-state index contributed by atoms with van der Waals surface area (Å²) in [5, 5.41) is 28.7. The van der Waals surface area contributed by atoms with Gasteiger partial charge in [-0.1, -0.05) is 0 Å². The molecule has 0 saturated carbocycles. The molecule has 1 rings (SSSR count). The van der Waals surface area contributed by atoms with E-state index in [4.69, 9.17) is 10.2 Å². The zero-order valence-electron chi connectivity index (χ0n) is 16.6. The first-order valence-electron chi connectivity index (χ1n) is 3.89. The number of carbonyl (C=O) groups is 1. The van der Waals surface area contributed by atoms with E-state index in [1.807, 2.05) is 0 Å². The topological polar surface area (TPSA) is 162 Å². The maximum absolute atomic E-state index is 11.2. The van der Waals surface area contributed by atoms with Gasteiger partial charge in [-0.05, 0) is 5.76 Å². The zero-order valence-corrected chi connectivity index (χ0v) is 17.5. The van der Waals surface area contributed by atoms with Crippen molar-refractivity contribution in [3.05, 3.63) is 11.5 Å². The van der Waals surface area contributed by atoms with E-state index < -0.39 is 44.1 Å². The molecular weight excluding hydrogens is 316 g/mol. The fourth-order valence-corrected chi connectivity index (χ4v) is 1.38. The van der Waals surface area contributed by atoms with Crippen LogP contribution in [0.5, 0.6) is 0 Å². The first-order chi connectivity index (χ1) is 7.26. The van der Waals surface area contributed by atoms with Crippen LogP contribution in [0.3, 0.4) is 0 Å². The summed E-state index contributed by atoms with van der Waals surface area (Å²) < 4.78 is 18.0. The molecule has 0 bridgehead atoms. The van der Waals surface area contributed by atoms with Crippen molar-refractivity contribution in [1.82, 2.24) is 0 Å². The summed E-state index contributed by atoms with van der Waals surface area (Å²) in [6, 6.07) is 0. The van der Waals surface area contributed by atoms with E-state index in [0.29, 0.717) is 0 Å². The quantitative estimate of drug-likeness (QED) is 0.290. The molecule has 0 fully saturated rings. The van der Waals surface area contributed by atoms with Crippen molar-refractivity contribution in [2.75, 3.05) is 6.61 Å². The van der Waals surface area contributed by atoms with E-state index in [2.05, 4.69) is 9.26 Å². The Morgan fingerprint density at radius 3 is 2.26 bits per heavy atom. The molecule has 104 valence electrons. The number of cyclic esters (lactones) is 1. The van der Waals surface area contributed by atoms with Gasteiger partial charge in [-0.15, -0.1) is 0 Å². The van der Waals surface area contributed by atoms with E-state index in [1.54, 1.807) is 0 Å². The van der Waals surface area contributed by atoms with Crippen LogP contribution in [0, 0.1) is 0 Å². The Morgan fingerprint density at radius 2 is 1.89 bits per heavy atom. The van der Waals surface area contributed by atoms with E-state index in [0.717, 1.165) is 0 Å². The summed E-state index contributed by atoms with van der Waals surface area (Å²) in [5.74, 6) is -4.10. The number of ether oxygens (including phenoxy) is 1. The van der Waals surface area contributed by atoms with Crippen LogP contribution in [0.4, 0.5) is 0 Å². The van der Waals surface area contributed by atoms with Crippen molar-refractivity contribution >= 4 is 13.8 Å². The average Bonchev–Trinajstić information content (AvgIpc) is 2.42. The minimum atomic E-state index is -5.56. The number of hydrogen-bond acceptors (Lipinski definition) is 9. The molecular formula is C6H12Na3O9P-6. The minimum absolute atomic E-state index is 0. The summed E-state index contributed by atoms with van der Waals surface area (Å²) >= 11 is 0. The third-order valence-electron chi connectivity index (χ3n) is 1.64. The average molecular weight is 328 g/mol. The van der Waals surface area contributed by atoms with Crippen LogP contribution in [0.15, 0.2) is 11.5 Å². The Labute approximate surface area is 183 Å². The van der Waals surface area contributed by atoms with Gasteiger partial charge in [-0.25, -0.2) is 4.79 Å². The van der Waals surface area contributed by atoms with Gasteiger partial charge in [0.1, 0.15) is 20.0 Å². The van der Waals surface area contributed by atoms with Crippen molar-refractivity contribution in [3.63, 3.8) is 0 Å². The molecule has 0 amide bonds. The molecule has 0 spiro atoms. The molecule has 19 heavy (non-hydrogen) atoms. The first kappa shape index (κ1) is 25.8. The molecule has 1 heterocycles. The molecule has 1 aliphatic heterocycles. The number of esters is 1. The Balaban J connectivity index is -0.0000000406. The third-order valence-corrected chi connectivity index (χ3v) is 2.05. The third kappa shape index (κ3) is 7.62. The smallest absolute Gasteiger partial charge is 1.00 e. The van der Waals surface area contributed by atoms with Gasteiger partial charge in [-0.2, -0.15) is 0 Å². The van der Waals surface area contributed by atoms with Crippen LogP contribution in [0.25, 0.3) is 0 Å². The van der Waals surface area contributed by atoms with E-state index in [9.17, 15) is 24.3 Å². The van der Waals surface area contributed by atoms with Gasteiger partial charge in [0.15, 0.2) is 0 Å². The Kier molecular flexibility index (Phi) is 14.4. The second-order valence-electron chi connectivity index (χ2n) is 2.81. The summed E-state index contributed by atoms with van der Waals surface area (Å²) in [6.45, 7) is -0.886. The molecule has 0 saturated heterocycles. The normalized spacial score (nSPS) is 19.6. The fraction of sp³-hybridized carbons (Fsp3) is 0.500. The van der Waals surface area contributed by atoms with Crippen LogP contribution in [0.1, 0.15) is 8.56 Å². The molecule has 2 N–H and O–H groups in total. The zero-order chi connectivity index (χ0) is 12.5. The Hall–Kier alpha value is 1.88. The molecule has 0 aliphatic carbocycles. The van der Waals surface area contributed by atoms with Crippen molar-refractivity contribution in [2.24, 2.45) is 0 Å². The van der Waals surface area contributed by atoms with Gasteiger partial charge >= 0.3 is 94.6 Å². The van der Waals surface area contributed by atoms with Crippen molar-refractivity contribution in [3.8, 4) is 0 Å². The minimum Gasteiger partial charge on any atom is -1.00 e. The van der Waals surface area contributed by atoms with Gasteiger partial charge in [-0.3, -0.25) is 0 Å². The largest absolute Gasteiger partial charge is 1.00 e. The van der Waals surface area contributed by atoms with Crippen LogP contribution in [-0.2, 0) is 18.6 Å². The van der Waals surface area contributed by atoms with Gasteiger partial charge in [0.2, 0.25) is 5.76 Å². The van der Waals surface area contributed by atoms with Crippen LogP contribution in [-0.4, -0.2) is 35.0 Å². The van der Waals surface area contributed by atoms with Crippen molar-refractivity contribution < 1.29 is 141 Å². The second kappa shape index (κ2) is 10.6. The van der Waals surface area contributed by atoms with E-state index in [1.165, 1.54) is 0 Å². The van der Waals surface area contributed by atoms with Crippen LogP contribution < -0.4 is 104 Å². The number of rotatable bonds is 4. The number of aliphatic hydroxyl groups excluding tert-OH is 2. The molecule has 0 radical (unpaired) electrons. The number of carbonyl (C=O) groups excluding carboxylic acids is 1. The number of hydrogen-bond donors (Lipinski definition) is 2. The number of phosphoric acid groups is 1. The van der Waals surface area contributed by atoms with Gasteiger partial charge in [0.05, 0.1) is 6.61 Å². The fourth-order valence-electron chi connectivity index (χ4n) is 0.995. The monoisotopic (exact) mass is 328 g/mol. The Bertz CT molecular complexity index is 400.